The summed E-state index contributed by atoms with van der Waals surface area (Å²) < 4.78 is 20.8. The summed E-state index contributed by atoms with van der Waals surface area (Å²) in [6.07, 6.45) is -8.23. The Hall–Kier alpha value is -2.60. The Morgan fingerprint density at radius 2 is 1.86 bits per heavy atom. The van der Waals surface area contributed by atoms with E-state index >= 15 is 0 Å². The molecular formula is C18H22O11. The highest BCUT2D eigenvalue weighted by molar-refractivity contribution is 5.73. The molecule has 5 N–H and O–H groups in total. The summed E-state index contributed by atoms with van der Waals surface area (Å²) in [7, 11) is 1.31. The fourth-order valence-corrected chi connectivity index (χ4v) is 3.26. The molecule has 1 aromatic carbocycles. The van der Waals surface area contributed by atoms with Crippen LogP contribution in [0.2, 0.25) is 0 Å². The van der Waals surface area contributed by atoms with E-state index in [0.717, 1.165) is 0 Å². The second-order valence-electron chi connectivity index (χ2n) is 6.85. The summed E-state index contributed by atoms with van der Waals surface area (Å²) in [5.74, 6) is -2.48. The van der Waals surface area contributed by atoms with Crippen LogP contribution in [0.4, 0.5) is 0 Å². The van der Waals surface area contributed by atoms with Gasteiger partial charge in [0.25, 0.3) is 0 Å². The van der Waals surface area contributed by atoms with Crippen LogP contribution in [0, 0.1) is 0 Å². The number of phenolic OH excluding ortho intramolecular Hbond substituents is 1. The van der Waals surface area contributed by atoms with Crippen molar-refractivity contribution in [3.8, 4) is 17.2 Å². The van der Waals surface area contributed by atoms with E-state index in [2.05, 4.69) is 0 Å². The minimum atomic E-state index is -1.87. The Kier molecular flexibility index (Phi) is 6.13. The third-order valence-corrected chi connectivity index (χ3v) is 4.81. The van der Waals surface area contributed by atoms with E-state index in [0.29, 0.717) is 24.8 Å². The molecular weight excluding hydrogens is 392 g/mol. The molecule has 11 heteroatoms. The molecule has 0 amide bonds. The topological polar surface area (TPSA) is 172 Å². The van der Waals surface area contributed by atoms with Crippen molar-refractivity contribution < 1.29 is 54.1 Å². The van der Waals surface area contributed by atoms with Crippen LogP contribution in [0.5, 0.6) is 17.2 Å². The van der Waals surface area contributed by atoms with Gasteiger partial charge >= 0.3 is 11.9 Å². The molecule has 0 saturated carbocycles. The average molecular weight is 414 g/mol. The molecule has 0 radical (unpaired) electrons. The van der Waals surface area contributed by atoms with Crippen molar-refractivity contribution >= 4 is 11.9 Å². The number of carbonyl (C=O) groups excluding carboxylic acids is 1. The number of phenols is 1. The molecule has 2 aliphatic rings. The van der Waals surface area contributed by atoms with Gasteiger partial charge in [-0.2, -0.15) is 0 Å². The van der Waals surface area contributed by atoms with Crippen LogP contribution in [0.25, 0.3) is 0 Å². The molecule has 6 unspecified atom stereocenters. The third-order valence-electron chi connectivity index (χ3n) is 4.81. The first-order valence-corrected chi connectivity index (χ1v) is 8.89. The number of benzene rings is 1. The van der Waals surface area contributed by atoms with Crippen molar-refractivity contribution in [1.29, 1.82) is 0 Å². The maximum Gasteiger partial charge on any atom is 0.335 e. The van der Waals surface area contributed by atoms with Crippen molar-refractivity contribution in [3.63, 3.8) is 0 Å². The van der Waals surface area contributed by atoms with Crippen molar-refractivity contribution in [2.75, 3.05) is 7.11 Å². The summed E-state index contributed by atoms with van der Waals surface area (Å²) in [6, 6.07) is 2.92. The zero-order valence-electron chi connectivity index (χ0n) is 15.4. The summed E-state index contributed by atoms with van der Waals surface area (Å²) in [6.45, 7) is 0. The smallest absolute Gasteiger partial charge is 0.335 e. The number of methoxy groups -OCH3 is 1. The quantitative estimate of drug-likeness (QED) is 0.358. The molecule has 0 bridgehead atoms. The summed E-state index contributed by atoms with van der Waals surface area (Å²) in [4.78, 5) is 22.5. The van der Waals surface area contributed by atoms with E-state index in [9.17, 15) is 30.0 Å². The van der Waals surface area contributed by atoms with Gasteiger partial charge in [0.15, 0.2) is 17.6 Å². The first kappa shape index (κ1) is 21.1. The SMILES string of the molecule is COc1cc(CC2CCC(=O)O2)cc(OC2OC(C(=O)O)C(O)C(O)C2O)c1O. The van der Waals surface area contributed by atoms with Gasteiger partial charge in [-0.1, -0.05) is 0 Å². The molecule has 3 rings (SSSR count). The van der Waals surface area contributed by atoms with E-state index in [-0.39, 0.29) is 23.6 Å². The lowest BCUT2D eigenvalue weighted by molar-refractivity contribution is -0.271. The number of cyclic esters (lactones) is 1. The highest BCUT2D eigenvalue weighted by atomic mass is 16.7. The Balaban J connectivity index is 1.84. The van der Waals surface area contributed by atoms with Crippen LogP contribution in [0.1, 0.15) is 18.4 Å². The van der Waals surface area contributed by atoms with E-state index in [4.69, 9.17) is 24.1 Å². The van der Waals surface area contributed by atoms with Gasteiger partial charge in [-0.15, -0.1) is 0 Å². The average Bonchev–Trinajstić information content (AvgIpc) is 3.08. The Bertz CT molecular complexity index is 779. The molecule has 29 heavy (non-hydrogen) atoms. The number of aliphatic carboxylic acids is 1. The standard InChI is InChI=1S/C18H22O11/c1-26-9-5-7(4-8-2-3-11(19)27-8)6-10(12(9)20)28-18-15(23)13(21)14(22)16(29-18)17(24)25/h5-6,8,13-16,18,20-23H,2-4H2,1H3,(H,24,25). The van der Waals surface area contributed by atoms with Crippen molar-refractivity contribution in [1.82, 2.24) is 0 Å². The highest BCUT2D eigenvalue weighted by Gasteiger charge is 2.48. The third kappa shape index (κ3) is 4.37. The van der Waals surface area contributed by atoms with Crippen LogP contribution >= 0.6 is 0 Å². The molecule has 6 atom stereocenters. The van der Waals surface area contributed by atoms with Crippen molar-refractivity contribution in [3.05, 3.63) is 17.7 Å². The summed E-state index contributed by atoms with van der Waals surface area (Å²) in [5, 5.41) is 49.2. The zero-order chi connectivity index (χ0) is 21.3. The summed E-state index contributed by atoms with van der Waals surface area (Å²) in [5.41, 5.74) is 0.579. The molecule has 2 saturated heterocycles. The second kappa shape index (κ2) is 8.41. The minimum absolute atomic E-state index is 0.0301. The molecule has 2 fully saturated rings. The maximum absolute atomic E-state index is 11.3. The number of carbonyl (C=O) groups is 2. The predicted molar refractivity (Wildman–Crippen MR) is 92.4 cm³/mol. The second-order valence-corrected chi connectivity index (χ2v) is 6.85. The Morgan fingerprint density at radius 1 is 1.17 bits per heavy atom. The highest BCUT2D eigenvalue weighted by Crippen LogP contribution is 2.39. The van der Waals surface area contributed by atoms with E-state index in [1.165, 1.54) is 19.2 Å². The van der Waals surface area contributed by atoms with Gasteiger partial charge in [-0.05, 0) is 24.1 Å². The molecule has 0 aromatic heterocycles. The lowest BCUT2D eigenvalue weighted by atomic mass is 9.99. The maximum atomic E-state index is 11.3. The number of aliphatic hydroxyl groups is 3. The van der Waals surface area contributed by atoms with Gasteiger partial charge in [0.2, 0.25) is 12.0 Å². The van der Waals surface area contributed by atoms with Gasteiger partial charge < -0.3 is 44.5 Å². The van der Waals surface area contributed by atoms with E-state index in [1.807, 2.05) is 0 Å². The number of esters is 1. The number of aliphatic hydroxyl groups excluding tert-OH is 3. The van der Waals surface area contributed by atoms with Gasteiger partial charge in [-0.25, -0.2) is 4.79 Å². The van der Waals surface area contributed by atoms with Crippen molar-refractivity contribution in [2.24, 2.45) is 0 Å². The number of hydrogen-bond acceptors (Lipinski definition) is 10. The predicted octanol–water partition coefficient (Wildman–Crippen LogP) is -1.08. The lowest BCUT2D eigenvalue weighted by Gasteiger charge is -2.38. The van der Waals surface area contributed by atoms with Gasteiger partial charge in [0, 0.05) is 12.8 Å². The van der Waals surface area contributed by atoms with E-state index < -0.39 is 42.4 Å². The lowest BCUT2D eigenvalue weighted by Crippen LogP contribution is -2.61. The largest absolute Gasteiger partial charge is 0.502 e. The number of rotatable bonds is 6. The number of carboxylic acids is 1. The normalized spacial score (nSPS) is 31.9. The fraction of sp³-hybridized carbons (Fsp3) is 0.556. The van der Waals surface area contributed by atoms with Gasteiger partial charge in [-0.3, -0.25) is 4.79 Å². The van der Waals surface area contributed by atoms with Gasteiger partial charge in [0.05, 0.1) is 7.11 Å². The van der Waals surface area contributed by atoms with Crippen molar-refractivity contribution in [2.45, 2.75) is 56.1 Å². The van der Waals surface area contributed by atoms with Crippen LogP contribution in [0.3, 0.4) is 0 Å². The monoisotopic (exact) mass is 414 g/mol. The number of aromatic hydroxyl groups is 1. The molecule has 1 aromatic rings. The Morgan fingerprint density at radius 3 is 2.45 bits per heavy atom. The molecule has 160 valence electrons. The molecule has 11 nitrogen and oxygen atoms in total. The molecule has 0 spiro atoms. The number of ether oxygens (including phenoxy) is 4. The van der Waals surface area contributed by atoms with Crippen LogP contribution in [-0.2, 0) is 25.5 Å². The fourth-order valence-electron chi connectivity index (χ4n) is 3.26. The first-order valence-electron chi connectivity index (χ1n) is 8.89. The molecule has 0 aliphatic carbocycles. The van der Waals surface area contributed by atoms with Gasteiger partial charge in [0.1, 0.15) is 24.4 Å². The molecule has 2 heterocycles. The number of hydrogen-bond donors (Lipinski definition) is 5. The van der Waals surface area contributed by atoms with Crippen LogP contribution < -0.4 is 9.47 Å². The number of carboxylic acid groups (broad SMARTS) is 1. The Labute approximate surface area is 165 Å². The summed E-state index contributed by atoms with van der Waals surface area (Å²) >= 11 is 0. The first-order chi connectivity index (χ1) is 13.7. The molecule has 2 aliphatic heterocycles. The van der Waals surface area contributed by atoms with E-state index in [1.54, 1.807) is 0 Å². The van der Waals surface area contributed by atoms with Crippen LogP contribution in [0.15, 0.2) is 12.1 Å². The zero-order valence-corrected chi connectivity index (χ0v) is 15.4. The van der Waals surface area contributed by atoms with Crippen LogP contribution in [-0.4, -0.2) is 81.4 Å². The minimum Gasteiger partial charge on any atom is -0.502 e.